The summed E-state index contributed by atoms with van der Waals surface area (Å²) in [6.07, 6.45) is 8.48. The van der Waals surface area contributed by atoms with E-state index < -0.39 is 18.1 Å². The molecule has 0 radical (unpaired) electrons. The molecule has 1 spiro atoms. The van der Waals surface area contributed by atoms with Crippen LogP contribution in [0, 0.1) is 17.3 Å². The molecule has 2 bridgehead atoms. The highest BCUT2D eigenvalue weighted by Crippen LogP contribution is 2.58. The second-order valence-electron chi connectivity index (χ2n) is 18.4. The van der Waals surface area contributed by atoms with E-state index in [1.54, 1.807) is 0 Å². The van der Waals surface area contributed by atoms with Crippen molar-refractivity contribution in [1.82, 2.24) is 35.1 Å². The molecular weight excluding hydrogens is 731 g/mol. The summed E-state index contributed by atoms with van der Waals surface area (Å²) in [7, 11) is 1.41. The van der Waals surface area contributed by atoms with E-state index in [9.17, 15) is 14.7 Å². The summed E-state index contributed by atoms with van der Waals surface area (Å²) in [5.41, 5.74) is 5.81. The normalized spacial score (nSPS) is 23.3. The predicted octanol–water partition coefficient (Wildman–Crippen LogP) is 8.34. The Bertz CT molecular complexity index is 2320. The summed E-state index contributed by atoms with van der Waals surface area (Å²) in [6.45, 7) is 10.4. The van der Waals surface area contributed by atoms with Crippen LogP contribution in [0.5, 0.6) is 0 Å². The number of piperidine rings is 1. The number of aliphatic hydroxyl groups excluding tert-OH is 1. The third-order valence-electron chi connectivity index (χ3n) is 12.9. The van der Waals surface area contributed by atoms with Gasteiger partial charge in [-0.1, -0.05) is 62.4 Å². The number of fused-ring (bicyclic) bond motifs is 3. The topological polar surface area (TPSA) is 149 Å². The first-order valence-corrected chi connectivity index (χ1v) is 20.8. The summed E-state index contributed by atoms with van der Waals surface area (Å²) >= 11 is 0. The molecule has 2 amide bonds. The lowest BCUT2D eigenvalue weighted by molar-refractivity contribution is -0.148. The lowest BCUT2D eigenvalue weighted by Gasteiger charge is -2.38. The number of likely N-dealkylation sites (tertiary alicyclic amines) is 2. The van der Waals surface area contributed by atoms with Gasteiger partial charge in [0, 0.05) is 25.3 Å². The minimum absolute atomic E-state index is 0.0217. The molecule has 2 aliphatic heterocycles. The Morgan fingerprint density at radius 1 is 0.879 bits per heavy atom. The second-order valence-corrected chi connectivity index (χ2v) is 18.4. The summed E-state index contributed by atoms with van der Waals surface area (Å²) in [6, 6.07) is 20.8. The van der Waals surface area contributed by atoms with E-state index in [1.807, 2.05) is 56.8 Å². The van der Waals surface area contributed by atoms with Crippen LogP contribution in [0.3, 0.4) is 0 Å². The second kappa shape index (κ2) is 14.7. The van der Waals surface area contributed by atoms with Gasteiger partial charge in [0.1, 0.15) is 17.2 Å². The number of hydrogen-bond donors (Lipinski definition) is 4. The zero-order valence-corrected chi connectivity index (χ0v) is 34.3. The molecule has 4 aliphatic rings. The number of aromatic nitrogens is 4. The van der Waals surface area contributed by atoms with Crippen LogP contribution < -0.4 is 5.32 Å². The number of amides is 2. The first-order chi connectivity index (χ1) is 27.8. The fraction of sp³-hybridized carbons (Fsp3) is 0.478. The van der Waals surface area contributed by atoms with Crippen LogP contribution in [0.1, 0.15) is 96.9 Å². The Balaban J connectivity index is 0.896. The molecule has 4 fully saturated rings. The van der Waals surface area contributed by atoms with Crippen LogP contribution >= 0.6 is 0 Å². The molecule has 1 unspecified atom stereocenters. The SMILES string of the molecule is COC(O)N[C@H](C(=O)N1[C@@H]2CC[C@H](C2)[C@H]1c1ncc(-c2ccc3cc(-c4ccc(-c5cnc([C@@H]6CC7(CC7)CN6C(=O)OC(C)(C)C)[nH]5)cc4)ccc3c2)[nH]1)C(C)C. The van der Waals surface area contributed by atoms with Gasteiger partial charge in [-0.3, -0.25) is 15.0 Å². The van der Waals surface area contributed by atoms with Crippen molar-refractivity contribution in [2.75, 3.05) is 13.7 Å². The van der Waals surface area contributed by atoms with Crippen LogP contribution in [0.25, 0.3) is 44.4 Å². The monoisotopic (exact) mass is 785 g/mol. The molecule has 2 aromatic heterocycles. The maximum absolute atomic E-state index is 14.0. The van der Waals surface area contributed by atoms with E-state index in [1.165, 1.54) is 7.11 Å². The van der Waals surface area contributed by atoms with Gasteiger partial charge in [0.05, 0.1) is 41.9 Å². The number of aliphatic hydroxyl groups is 1. The van der Waals surface area contributed by atoms with Gasteiger partial charge >= 0.3 is 6.09 Å². The number of H-pyrrole nitrogens is 2. The highest BCUT2D eigenvalue weighted by atomic mass is 16.6. The van der Waals surface area contributed by atoms with Crippen LogP contribution in [0.2, 0.25) is 0 Å². The van der Waals surface area contributed by atoms with E-state index in [-0.39, 0.29) is 41.5 Å². The number of methoxy groups -OCH3 is 1. The third kappa shape index (κ3) is 7.30. The van der Waals surface area contributed by atoms with Crippen molar-refractivity contribution in [3.8, 4) is 33.6 Å². The van der Waals surface area contributed by atoms with E-state index in [0.29, 0.717) is 5.92 Å². The number of imidazole rings is 2. The molecule has 2 saturated heterocycles. The van der Waals surface area contributed by atoms with Gasteiger partial charge < -0.3 is 29.4 Å². The first-order valence-electron chi connectivity index (χ1n) is 20.8. The van der Waals surface area contributed by atoms with Crippen LogP contribution in [0.15, 0.2) is 73.1 Å². The average Bonchev–Trinajstić information content (AvgIpc) is 3.83. The molecule has 58 heavy (non-hydrogen) atoms. The zero-order valence-electron chi connectivity index (χ0n) is 34.3. The highest BCUT2D eigenvalue weighted by Gasteiger charge is 2.55. The number of benzene rings is 3. The van der Waals surface area contributed by atoms with E-state index >= 15 is 0 Å². The number of hydrogen-bond acceptors (Lipinski definition) is 8. The fourth-order valence-corrected chi connectivity index (χ4v) is 9.66. The van der Waals surface area contributed by atoms with Gasteiger partial charge in [0.2, 0.25) is 12.3 Å². The molecule has 12 heteroatoms. The smallest absolute Gasteiger partial charge is 0.410 e. The Hall–Kier alpha value is -5.04. The summed E-state index contributed by atoms with van der Waals surface area (Å²) in [4.78, 5) is 47.8. The Morgan fingerprint density at radius 2 is 1.50 bits per heavy atom. The summed E-state index contributed by atoms with van der Waals surface area (Å²) in [5.74, 6) is 1.91. The molecule has 9 rings (SSSR count). The Kier molecular flexibility index (Phi) is 9.72. The third-order valence-corrected chi connectivity index (χ3v) is 12.9. The molecular formula is C46H55N7O5. The molecule has 2 aliphatic carbocycles. The minimum Gasteiger partial charge on any atom is -0.444 e. The molecule has 6 atom stereocenters. The maximum Gasteiger partial charge on any atom is 0.410 e. The summed E-state index contributed by atoms with van der Waals surface area (Å²) in [5, 5.41) is 15.4. The van der Waals surface area contributed by atoms with E-state index in [4.69, 9.17) is 19.4 Å². The van der Waals surface area contributed by atoms with Gasteiger partial charge in [-0.25, -0.2) is 14.8 Å². The molecule has 3 aromatic carbocycles. The molecule has 12 nitrogen and oxygen atoms in total. The van der Waals surface area contributed by atoms with Gasteiger partial charge in [-0.2, -0.15) is 0 Å². The van der Waals surface area contributed by atoms with Gasteiger partial charge in [0.15, 0.2) is 0 Å². The highest BCUT2D eigenvalue weighted by molar-refractivity contribution is 5.90. The van der Waals surface area contributed by atoms with Crippen molar-refractivity contribution in [1.29, 1.82) is 0 Å². The fourth-order valence-electron chi connectivity index (χ4n) is 9.66. The van der Waals surface area contributed by atoms with Crippen LogP contribution in [0.4, 0.5) is 4.79 Å². The van der Waals surface area contributed by atoms with Gasteiger partial charge in [-0.05, 0) is 116 Å². The van der Waals surface area contributed by atoms with Crippen molar-refractivity contribution >= 4 is 22.8 Å². The summed E-state index contributed by atoms with van der Waals surface area (Å²) < 4.78 is 10.8. The quantitative estimate of drug-likeness (QED) is 0.103. The minimum atomic E-state index is -1.21. The van der Waals surface area contributed by atoms with Crippen molar-refractivity contribution < 1.29 is 24.2 Å². The number of rotatable bonds is 10. The number of carbonyl (C=O) groups excluding carboxylic acids is 2. The van der Waals surface area contributed by atoms with E-state index in [2.05, 4.69) is 75.9 Å². The Morgan fingerprint density at radius 3 is 2.17 bits per heavy atom. The number of nitrogens with one attached hydrogen (secondary N) is 3. The Labute approximate surface area is 339 Å². The number of aromatic amines is 2. The van der Waals surface area contributed by atoms with Crippen LogP contribution in [-0.2, 0) is 14.3 Å². The lowest BCUT2D eigenvalue weighted by Crippen LogP contribution is -2.55. The maximum atomic E-state index is 14.0. The van der Waals surface area contributed by atoms with Crippen molar-refractivity contribution in [2.24, 2.45) is 17.3 Å². The lowest BCUT2D eigenvalue weighted by atomic mass is 9.95. The van der Waals surface area contributed by atoms with Crippen molar-refractivity contribution in [3.05, 3.63) is 84.7 Å². The number of nitrogens with zero attached hydrogens (tertiary/aromatic N) is 4. The van der Waals surface area contributed by atoms with E-state index in [0.717, 1.165) is 101 Å². The zero-order chi connectivity index (χ0) is 40.5. The molecule has 4 heterocycles. The predicted molar refractivity (Wildman–Crippen MR) is 222 cm³/mol. The molecule has 4 N–H and O–H groups in total. The number of carbonyl (C=O) groups is 2. The first kappa shape index (κ1) is 38.5. The standard InChI is InChI=1S/C46H55N7O5/c1-26(2)38(51-43(55)57-6)42(54)53-34-16-15-33(21-34)39(53)41-48-24-36(50-41)32-14-13-30-19-29(11-12-31(30)20-32)27-7-9-28(10-8-27)35-23-47-40(49-35)37-22-46(17-18-46)25-52(37)44(56)58-45(3,4)5/h7-14,19-20,23-24,26,33-34,37-39,43,51,55H,15-18,21-22,25H2,1-6H3,(H,47,49)(H,48,50)/t33-,34-,37+,38+,39+,43?/m1/s1. The van der Waals surface area contributed by atoms with Crippen molar-refractivity contribution in [3.63, 3.8) is 0 Å². The van der Waals surface area contributed by atoms with Gasteiger partial charge in [0.25, 0.3) is 0 Å². The molecule has 2 saturated carbocycles. The van der Waals surface area contributed by atoms with Gasteiger partial charge in [-0.15, -0.1) is 0 Å². The largest absolute Gasteiger partial charge is 0.444 e. The average molecular weight is 786 g/mol. The molecule has 304 valence electrons. The van der Waals surface area contributed by atoms with Crippen molar-refractivity contribution in [2.45, 2.75) is 109 Å². The molecule has 5 aromatic rings. The number of ether oxygens (including phenoxy) is 2. The van der Waals surface area contributed by atoms with Crippen LogP contribution in [-0.4, -0.2) is 84.6 Å².